The number of rotatable bonds is 3. The molecule has 0 spiro atoms. The number of amides is 1. The Bertz CT molecular complexity index is 1110. The first-order valence-electron chi connectivity index (χ1n) is 9.46. The van der Waals surface area contributed by atoms with Crippen molar-refractivity contribution in [1.82, 2.24) is 19.2 Å². The molecule has 1 aliphatic heterocycles. The average molecular weight is 393 g/mol. The van der Waals surface area contributed by atoms with Crippen molar-refractivity contribution in [2.45, 2.75) is 46.3 Å². The van der Waals surface area contributed by atoms with E-state index in [2.05, 4.69) is 20.8 Å². The molecule has 0 atom stereocenters. The molecule has 0 fully saturated rings. The van der Waals surface area contributed by atoms with Crippen molar-refractivity contribution in [3.63, 3.8) is 0 Å². The van der Waals surface area contributed by atoms with E-state index < -0.39 is 4.92 Å². The summed E-state index contributed by atoms with van der Waals surface area (Å²) >= 11 is 0. The van der Waals surface area contributed by atoms with Gasteiger partial charge in [-0.2, -0.15) is 5.10 Å². The number of carbonyl (C=O) groups excluding carboxylic acids is 1. The number of carbonyl (C=O) groups is 1. The minimum Gasteiger partial charge on any atom is -0.328 e. The van der Waals surface area contributed by atoms with Gasteiger partial charge in [-0.3, -0.25) is 14.9 Å². The summed E-state index contributed by atoms with van der Waals surface area (Å²) in [5.41, 5.74) is 2.36. The maximum absolute atomic E-state index is 13.2. The number of fused-ring (bicyclic) bond motifs is 1. The molecular formula is C21H23N5O3. The van der Waals surface area contributed by atoms with E-state index >= 15 is 0 Å². The van der Waals surface area contributed by atoms with Crippen molar-refractivity contribution in [2.24, 2.45) is 0 Å². The third-order valence-electron chi connectivity index (χ3n) is 5.23. The number of nitro groups is 1. The highest BCUT2D eigenvalue weighted by molar-refractivity contribution is 5.97. The standard InChI is InChI=1S/C21H23N5O3/c1-14-15(8-7-9-18(14)26(28)29)20(27)24-12-16-17(13-24)22-25(21(2,3)4)19(16)23-10-5-6-11-23/h5-11H,12-13H2,1-4H3. The molecule has 1 aliphatic rings. The molecule has 3 heterocycles. The summed E-state index contributed by atoms with van der Waals surface area (Å²) in [6.07, 6.45) is 3.93. The van der Waals surface area contributed by atoms with Crippen LogP contribution in [0.25, 0.3) is 5.82 Å². The third kappa shape index (κ3) is 3.10. The van der Waals surface area contributed by atoms with Gasteiger partial charge in [-0.25, -0.2) is 4.68 Å². The molecule has 0 unspecified atom stereocenters. The normalized spacial score (nSPS) is 13.6. The van der Waals surface area contributed by atoms with E-state index in [-0.39, 0.29) is 17.1 Å². The molecule has 0 aliphatic carbocycles. The van der Waals surface area contributed by atoms with Crippen LogP contribution in [0.2, 0.25) is 0 Å². The third-order valence-corrected chi connectivity index (χ3v) is 5.23. The SMILES string of the molecule is Cc1c(C(=O)N2Cc3nn(C(C)(C)C)c(-n4cccc4)c3C2)cccc1[N+](=O)[O-]. The highest BCUT2D eigenvalue weighted by atomic mass is 16.6. The van der Waals surface area contributed by atoms with Gasteiger partial charge in [0, 0.05) is 35.2 Å². The summed E-state index contributed by atoms with van der Waals surface area (Å²) in [4.78, 5) is 25.6. The van der Waals surface area contributed by atoms with Gasteiger partial charge < -0.3 is 9.47 Å². The van der Waals surface area contributed by atoms with Crippen molar-refractivity contribution in [3.05, 3.63) is 75.2 Å². The molecule has 1 amide bonds. The Labute approximate surface area is 168 Å². The van der Waals surface area contributed by atoms with Crippen LogP contribution in [0.15, 0.2) is 42.7 Å². The Morgan fingerprint density at radius 2 is 1.83 bits per heavy atom. The number of benzene rings is 1. The van der Waals surface area contributed by atoms with Gasteiger partial charge in [0.05, 0.1) is 29.2 Å². The number of aromatic nitrogens is 3. The Morgan fingerprint density at radius 3 is 2.45 bits per heavy atom. The number of nitro benzene ring substituents is 1. The van der Waals surface area contributed by atoms with Gasteiger partial charge in [0.2, 0.25) is 0 Å². The number of hydrogen-bond donors (Lipinski definition) is 0. The van der Waals surface area contributed by atoms with Crippen LogP contribution in [0.4, 0.5) is 5.69 Å². The first-order valence-corrected chi connectivity index (χ1v) is 9.46. The topological polar surface area (TPSA) is 86.2 Å². The largest absolute Gasteiger partial charge is 0.328 e. The number of nitrogens with zero attached hydrogens (tertiary/aromatic N) is 5. The lowest BCUT2D eigenvalue weighted by atomic mass is 10.1. The molecule has 29 heavy (non-hydrogen) atoms. The molecule has 0 bridgehead atoms. The fourth-order valence-corrected chi connectivity index (χ4v) is 3.78. The average Bonchev–Trinajstić information content (AvgIpc) is 3.35. The first-order chi connectivity index (χ1) is 13.7. The van der Waals surface area contributed by atoms with Crippen LogP contribution >= 0.6 is 0 Å². The molecule has 8 heteroatoms. The van der Waals surface area contributed by atoms with Gasteiger partial charge in [0.25, 0.3) is 11.6 Å². The van der Waals surface area contributed by atoms with Crippen LogP contribution in [0.5, 0.6) is 0 Å². The molecule has 0 saturated carbocycles. The molecule has 0 saturated heterocycles. The van der Waals surface area contributed by atoms with E-state index in [1.807, 2.05) is 33.8 Å². The van der Waals surface area contributed by atoms with E-state index in [1.165, 1.54) is 6.07 Å². The molecule has 1 aromatic carbocycles. The monoisotopic (exact) mass is 393 g/mol. The maximum atomic E-state index is 13.2. The second-order valence-electron chi connectivity index (χ2n) is 8.29. The van der Waals surface area contributed by atoms with Crippen LogP contribution in [-0.2, 0) is 18.6 Å². The molecule has 150 valence electrons. The second-order valence-corrected chi connectivity index (χ2v) is 8.29. The van der Waals surface area contributed by atoms with Crippen molar-refractivity contribution in [2.75, 3.05) is 0 Å². The van der Waals surface area contributed by atoms with E-state index in [4.69, 9.17) is 5.10 Å². The summed E-state index contributed by atoms with van der Waals surface area (Å²) in [7, 11) is 0. The van der Waals surface area contributed by atoms with E-state index in [0.29, 0.717) is 24.2 Å². The molecule has 4 rings (SSSR count). The number of hydrogen-bond acceptors (Lipinski definition) is 4. The minimum atomic E-state index is -0.456. The van der Waals surface area contributed by atoms with Crippen LogP contribution in [0.3, 0.4) is 0 Å². The Balaban J connectivity index is 1.71. The zero-order chi connectivity index (χ0) is 20.9. The molecular weight excluding hydrogens is 370 g/mol. The van der Waals surface area contributed by atoms with Crippen LogP contribution in [0.1, 0.15) is 48.0 Å². The lowest BCUT2D eigenvalue weighted by Gasteiger charge is -2.25. The fourth-order valence-electron chi connectivity index (χ4n) is 3.78. The summed E-state index contributed by atoms with van der Waals surface area (Å²) in [6, 6.07) is 8.53. The first kappa shape index (κ1) is 18.9. The quantitative estimate of drug-likeness (QED) is 0.500. The minimum absolute atomic E-state index is 0.0428. The van der Waals surface area contributed by atoms with E-state index in [1.54, 1.807) is 24.0 Å². The van der Waals surface area contributed by atoms with Gasteiger partial charge in [-0.05, 0) is 45.9 Å². The highest BCUT2D eigenvalue weighted by Gasteiger charge is 2.34. The van der Waals surface area contributed by atoms with Crippen LogP contribution in [0, 0.1) is 17.0 Å². The van der Waals surface area contributed by atoms with Gasteiger partial charge in [0.15, 0.2) is 0 Å². The smallest absolute Gasteiger partial charge is 0.273 e. The van der Waals surface area contributed by atoms with Gasteiger partial charge in [0.1, 0.15) is 5.82 Å². The summed E-state index contributed by atoms with van der Waals surface area (Å²) in [6.45, 7) is 8.70. The fraction of sp³-hybridized carbons (Fsp3) is 0.333. The van der Waals surface area contributed by atoms with Crippen molar-refractivity contribution in [3.8, 4) is 5.82 Å². The molecule has 3 aromatic rings. The van der Waals surface area contributed by atoms with Crippen LogP contribution < -0.4 is 0 Å². The zero-order valence-corrected chi connectivity index (χ0v) is 16.9. The molecule has 0 N–H and O–H groups in total. The summed E-state index contributed by atoms with van der Waals surface area (Å²) in [5.74, 6) is 0.730. The second kappa shape index (κ2) is 6.58. The maximum Gasteiger partial charge on any atom is 0.273 e. The van der Waals surface area contributed by atoms with Crippen molar-refractivity contribution < 1.29 is 9.72 Å². The molecule has 8 nitrogen and oxygen atoms in total. The highest BCUT2D eigenvalue weighted by Crippen LogP contribution is 2.33. The zero-order valence-electron chi connectivity index (χ0n) is 16.9. The van der Waals surface area contributed by atoms with Gasteiger partial charge >= 0.3 is 0 Å². The Hall–Kier alpha value is -3.42. The van der Waals surface area contributed by atoms with E-state index in [9.17, 15) is 14.9 Å². The lowest BCUT2D eigenvalue weighted by molar-refractivity contribution is -0.385. The molecule has 2 aromatic heterocycles. The lowest BCUT2D eigenvalue weighted by Crippen LogP contribution is -2.30. The summed E-state index contributed by atoms with van der Waals surface area (Å²) < 4.78 is 4.02. The Morgan fingerprint density at radius 1 is 1.14 bits per heavy atom. The van der Waals surface area contributed by atoms with Crippen molar-refractivity contribution in [1.29, 1.82) is 0 Å². The van der Waals surface area contributed by atoms with Gasteiger partial charge in [-0.1, -0.05) is 6.07 Å². The molecule has 0 radical (unpaired) electrons. The van der Waals surface area contributed by atoms with Crippen LogP contribution in [-0.4, -0.2) is 30.1 Å². The predicted molar refractivity (Wildman–Crippen MR) is 108 cm³/mol. The Kier molecular flexibility index (Phi) is 4.29. The predicted octanol–water partition coefficient (Wildman–Crippen LogP) is 3.80. The van der Waals surface area contributed by atoms with Gasteiger partial charge in [-0.15, -0.1) is 0 Å². The van der Waals surface area contributed by atoms with Crippen molar-refractivity contribution >= 4 is 11.6 Å². The summed E-state index contributed by atoms with van der Waals surface area (Å²) in [5, 5.41) is 16.0. The van der Waals surface area contributed by atoms with E-state index in [0.717, 1.165) is 17.1 Å².